The fourth-order valence-electron chi connectivity index (χ4n) is 1.63. The zero-order chi connectivity index (χ0) is 14.3. The van der Waals surface area contributed by atoms with Gasteiger partial charge in [0.05, 0.1) is 0 Å². The lowest BCUT2D eigenvalue weighted by molar-refractivity contribution is -0.123. The number of unbranched alkanes of at least 4 members (excludes halogenated alkanes) is 1. The number of amides is 2. The average molecular weight is 327 g/mol. The fraction of sp³-hybridized carbons (Fsp3) is 0.429. The van der Waals surface area contributed by atoms with Crippen molar-refractivity contribution < 1.29 is 9.59 Å². The number of carbonyl (C=O) groups is 2. The number of hydrogen-bond donors (Lipinski definition) is 1. The highest BCUT2D eigenvalue weighted by Crippen LogP contribution is 2.19. The second-order valence-electron chi connectivity index (χ2n) is 4.29. The fourth-order valence-corrected chi connectivity index (χ4v) is 2.02. The quantitative estimate of drug-likeness (QED) is 0.817. The van der Waals surface area contributed by atoms with Crippen LogP contribution in [0.5, 0.6) is 0 Å². The zero-order valence-electron chi connectivity index (χ0n) is 11.3. The number of rotatable bonds is 6. The Morgan fingerprint density at radius 3 is 2.68 bits per heavy atom. The molecule has 0 aliphatic rings. The Balaban J connectivity index is 2.68. The van der Waals surface area contributed by atoms with Crippen molar-refractivity contribution >= 4 is 33.4 Å². The molecule has 0 atom stereocenters. The van der Waals surface area contributed by atoms with Crippen LogP contribution in [0.1, 0.15) is 26.7 Å². The Morgan fingerprint density at radius 2 is 2.11 bits per heavy atom. The Labute approximate surface area is 122 Å². The Hall–Kier alpha value is -1.36. The lowest BCUT2D eigenvalue weighted by atomic mass is 10.2. The van der Waals surface area contributed by atoms with E-state index in [4.69, 9.17) is 0 Å². The van der Waals surface area contributed by atoms with Crippen LogP contribution in [0.4, 0.5) is 5.69 Å². The van der Waals surface area contributed by atoms with Crippen molar-refractivity contribution in [3.8, 4) is 0 Å². The lowest BCUT2D eigenvalue weighted by Gasteiger charge is -2.20. The van der Waals surface area contributed by atoms with Crippen LogP contribution in [-0.4, -0.2) is 24.9 Å². The van der Waals surface area contributed by atoms with Gasteiger partial charge in [0.15, 0.2) is 0 Å². The number of nitrogens with zero attached hydrogens (tertiary/aromatic N) is 1. The summed E-state index contributed by atoms with van der Waals surface area (Å²) < 4.78 is 0.877. The van der Waals surface area contributed by atoms with Crippen LogP contribution in [0.3, 0.4) is 0 Å². The third-order valence-electron chi connectivity index (χ3n) is 2.65. The van der Waals surface area contributed by atoms with E-state index in [-0.39, 0.29) is 18.4 Å². The molecule has 0 unspecified atom stereocenters. The predicted molar refractivity (Wildman–Crippen MR) is 80.1 cm³/mol. The molecule has 0 fully saturated rings. The third-order valence-corrected chi connectivity index (χ3v) is 3.15. The molecule has 0 saturated carbocycles. The normalized spacial score (nSPS) is 10.1. The van der Waals surface area contributed by atoms with Gasteiger partial charge in [0.25, 0.3) is 0 Å². The summed E-state index contributed by atoms with van der Waals surface area (Å²) >= 11 is 3.36. The number of hydrogen-bond acceptors (Lipinski definition) is 2. The van der Waals surface area contributed by atoms with Crippen molar-refractivity contribution in [2.75, 3.05) is 18.0 Å². The van der Waals surface area contributed by atoms with E-state index >= 15 is 0 Å². The Morgan fingerprint density at radius 1 is 1.37 bits per heavy atom. The summed E-state index contributed by atoms with van der Waals surface area (Å²) in [6.45, 7) is 4.23. The monoisotopic (exact) mass is 326 g/mol. The van der Waals surface area contributed by atoms with Crippen LogP contribution in [0, 0.1) is 0 Å². The molecule has 4 nitrogen and oxygen atoms in total. The minimum atomic E-state index is -0.149. The van der Waals surface area contributed by atoms with Gasteiger partial charge in [-0.2, -0.15) is 0 Å². The first-order valence-electron chi connectivity index (χ1n) is 6.35. The summed E-state index contributed by atoms with van der Waals surface area (Å²) in [5.74, 6) is -0.285. The van der Waals surface area contributed by atoms with Crippen LogP contribution in [0.25, 0.3) is 0 Å². The van der Waals surface area contributed by atoms with Crippen LogP contribution >= 0.6 is 15.9 Å². The van der Waals surface area contributed by atoms with E-state index in [0.29, 0.717) is 12.2 Å². The maximum atomic E-state index is 11.8. The molecule has 0 bridgehead atoms. The van der Waals surface area contributed by atoms with Gasteiger partial charge in [-0.15, -0.1) is 0 Å². The van der Waals surface area contributed by atoms with Crippen molar-refractivity contribution in [3.05, 3.63) is 28.7 Å². The van der Waals surface area contributed by atoms with Crippen LogP contribution in [0.2, 0.25) is 0 Å². The van der Waals surface area contributed by atoms with Crippen LogP contribution in [0.15, 0.2) is 28.7 Å². The molecular weight excluding hydrogens is 308 g/mol. The van der Waals surface area contributed by atoms with Crippen molar-refractivity contribution in [3.63, 3.8) is 0 Å². The van der Waals surface area contributed by atoms with E-state index in [1.807, 2.05) is 24.3 Å². The molecule has 1 aromatic rings. The van der Waals surface area contributed by atoms with Crippen LogP contribution in [-0.2, 0) is 9.59 Å². The molecule has 0 heterocycles. The summed E-state index contributed by atoms with van der Waals surface area (Å²) in [6.07, 6.45) is 1.98. The number of carbonyl (C=O) groups excluding carboxylic acids is 2. The molecule has 0 radical (unpaired) electrons. The second-order valence-corrected chi connectivity index (χ2v) is 5.20. The molecule has 0 aliphatic heterocycles. The maximum absolute atomic E-state index is 11.8. The first-order valence-corrected chi connectivity index (χ1v) is 7.14. The predicted octanol–water partition coefficient (Wildman–Crippen LogP) is 2.72. The number of benzene rings is 1. The SMILES string of the molecule is CCCCNC(=O)CN(C(C)=O)c1cccc(Br)c1. The molecule has 104 valence electrons. The van der Waals surface area contributed by atoms with Gasteiger partial charge >= 0.3 is 0 Å². The molecule has 1 rings (SSSR count). The summed E-state index contributed by atoms with van der Waals surface area (Å²) in [6, 6.07) is 7.35. The summed E-state index contributed by atoms with van der Waals surface area (Å²) in [4.78, 5) is 24.9. The molecule has 0 saturated heterocycles. The van der Waals surface area contributed by atoms with E-state index < -0.39 is 0 Å². The van der Waals surface area contributed by atoms with Gasteiger partial charge in [0, 0.05) is 23.6 Å². The van der Waals surface area contributed by atoms with Crippen LogP contribution < -0.4 is 10.2 Å². The van der Waals surface area contributed by atoms with Gasteiger partial charge in [0.1, 0.15) is 6.54 Å². The molecule has 0 aliphatic carbocycles. The van der Waals surface area contributed by atoms with E-state index in [1.54, 1.807) is 0 Å². The van der Waals surface area contributed by atoms with E-state index in [9.17, 15) is 9.59 Å². The number of nitrogens with one attached hydrogen (secondary N) is 1. The third kappa shape index (κ3) is 5.42. The van der Waals surface area contributed by atoms with E-state index in [1.165, 1.54) is 11.8 Å². The highest BCUT2D eigenvalue weighted by molar-refractivity contribution is 9.10. The van der Waals surface area contributed by atoms with Gasteiger partial charge < -0.3 is 10.2 Å². The highest BCUT2D eigenvalue weighted by Gasteiger charge is 2.15. The molecule has 0 aromatic heterocycles. The Kier molecular flexibility index (Phi) is 6.56. The molecule has 5 heteroatoms. The summed E-state index contributed by atoms with van der Waals surface area (Å²) in [7, 11) is 0. The van der Waals surface area contributed by atoms with E-state index in [0.717, 1.165) is 17.3 Å². The van der Waals surface area contributed by atoms with Crippen molar-refractivity contribution in [1.82, 2.24) is 5.32 Å². The molecule has 1 N–H and O–H groups in total. The zero-order valence-corrected chi connectivity index (χ0v) is 12.9. The van der Waals surface area contributed by atoms with Gasteiger partial charge in [0.2, 0.25) is 11.8 Å². The van der Waals surface area contributed by atoms with E-state index in [2.05, 4.69) is 28.2 Å². The molecule has 2 amide bonds. The number of anilines is 1. The van der Waals surface area contributed by atoms with Gasteiger partial charge in [-0.05, 0) is 24.6 Å². The van der Waals surface area contributed by atoms with Gasteiger partial charge in [-0.25, -0.2) is 0 Å². The standard InChI is InChI=1S/C14H19BrN2O2/c1-3-4-8-16-14(19)10-17(11(2)18)13-7-5-6-12(15)9-13/h5-7,9H,3-4,8,10H2,1-2H3,(H,16,19). The first kappa shape index (κ1) is 15.7. The largest absolute Gasteiger partial charge is 0.355 e. The topological polar surface area (TPSA) is 49.4 Å². The molecule has 0 spiro atoms. The minimum Gasteiger partial charge on any atom is -0.355 e. The molecular formula is C14H19BrN2O2. The van der Waals surface area contributed by atoms with Crippen molar-refractivity contribution in [2.24, 2.45) is 0 Å². The Bertz CT molecular complexity index is 449. The lowest BCUT2D eigenvalue weighted by Crippen LogP contribution is -2.40. The van der Waals surface area contributed by atoms with Crippen molar-refractivity contribution in [2.45, 2.75) is 26.7 Å². The molecule has 1 aromatic carbocycles. The molecule has 19 heavy (non-hydrogen) atoms. The van der Waals surface area contributed by atoms with Gasteiger partial charge in [-0.3, -0.25) is 9.59 Å². The van der Waals surface area contributed by atoms with Crippen molar-refractivity contribution in [1.29, 1.82) is 0 Å². The highest BCUT2D eigenvalue weighted by atomic mass is 79.9. The smallest absolute Gasteiger partial charge is 0.240 e. The number of halogens is 1. The first-order chi connectivity index (χ1) is 9.04. The minimum absolute atomic E-state index is 0.0511. The summed E-state index contributed by atoms with van der Waals surface area (Å²) in [5.41, 5.74) is 0.715. The maximum Gasteiger partial charge on any atom is 0.240 e. The average Bonchev–Trinajstić information content (AvgIpc) is 2.36. The van der Waals surface area contributed by atoms with Gasteiger partial charge in [-0.1, -0.05) is 35.3 Å². The second kappa shape index (κ2) is 7.94. The summed E-state index contributed by atoms with van der Waals surface area (Å²) in [5, 5.41) is 2.81.